The number of fused-ring (bicyclic) bond motifs is 3. The molecule has 0 aliphatic rings. The van der Waals surface area contributed by atoms with Gasteiger partial charge in [0.15, 0.2) is 0 Å². The average molecular weight is 644 g/mol. The van der Waals surface area contributed by atoms with Gasteiger partial charge in [-0.2, -0.15) is 0 Å². The quantitative estimate of drug-likeness (QED) is 0.181. The summed E-state index contributed by atoms with van der Waals surface area (Å²) in [7, 11) is 0. The van der Waals surface area contributed by atoms with Crippen molar-refractivity contribution in [3.63, 3.8) is 0 Å². The van der Waals surface area contributed by atoms with Gasteiger partial charge in [-0.25, -0.2) is 0 Å². The molecule has 3 nitrogen and oxygen atoms in total. The number of hydrogen-bond donors (Lipinski definition) is 0. The molecular formula is C45H29N3S. The van der Waals surface area contributed by atoms with Crippen molar-refractivity contribution in [2.24, 2.45) is 0 Å². The molecule has 0 aliphatic heterocycles. The van der Waals surface area contributed by atoms with Crippen LogP contribution in [0, 0.1) is 0 Å². The lowest BCUT2D eigenvalue weighted by Crippen LogP contribution is -2.02. The topological polar surface area (TPSA) is 38.7 Å². The predicted octanol–water partition coefficient (Wildman–Crippen LogP) is 12.2. The molecule has 0 saturated heterocycles. The molecule has 2 heterocycles. The van der Waals surface area contributed by atoms with E-state index in [-0.39, 0.29) is 0 Å². The lowest BCUT2D eigenvalue weighted by molar-refractivity contribution is 0.879. The summed E-state index contributed by atoms with van der Waals surface area (Å²) in [6.07, 6.45) is 0. The molecule has 0 radical (unpaired) electrons. The lowest BCUT2D eigenvalue weighted by atomic mass is 9.84. The van der Waals surface area contributed by atoms with Gasteiger partial charge in [0.05, 0.1) is 0 Å². The fourth-order valence-electron chi connectivity index (χ4n) is 7.02. The molecular weight excluding hydrogens is 615 g/mol. The second-order valence-corrected chi connectivity index (χ2v) is 13.1. The molecule has 0 atom stereocenters. The van der Waals surface area contributed by atoms with Crippen LogP contribution in [0.5, 0.6) is 0 Å². The van der Waals surface area contributed by atoms with Gasteiger partial charge < -0.3 is 0 Å². The summed E-state index contributed by atoms with van der Waals surface area (Å²) in [6, 6.07) is 62.0. The zero-order valence-corrected chi connectivity index (χ0v) is 27.3. The molecule has 0 fully saturated rings. The largest absolute Gasteiger partial charge is 0.135 e. The Morgan fingerprint density at radius 3 is 1.55 bits per heavy atom. The van der Waals surface area contributed by atoms with Crippen molar-refractivity contribution >= 4 is 31.5 Å². The van der Waals surface area contributed by atoms with Crippen LogP contribution in [0.4, 0.5) is 0 Å². The third kappa shape index (κ3) is 5.10. The van der Waals surface area contributed by atoms with Crippen molar-refractivity contribution in [3.05, 3.63) is 176 Å². The van der Waals surface area contributed by atoms with Gasteiger partial charge in [0, 0.05) is 36.9 Å². The fourth-order valence-corrected chi connectivity index (χ4v) is 8.15. The number of nitrogens with zero attached hydrogens (tertiary/aromatic N) is 3. The molecule has 4 heteroatoms. The first-order valence-electron chi connectivity index (χ1n) is 16.4. The van der Waals surface area contributed by atoms with E-state index in [1.807, 2.05) is 23.5 Å². The minimum Gasteiger partial charge on any atom is -0.135 e. The maximum absolute atomic E-state index is 4.91. The third-order valence-corrected chi connectivity index (χ3v) is 10.3. The molecule has 49 heavy (non-hydrogen) atoms. The van der Waals surface area contributed by atoms with E-state index in [1.165, 1.54) is 25.7 Å². The standard InChI is InChI=1S/C45H29N3S/c1-4-16-30(17-5-1)33-22-10-11-23-35(33)44-41(32-20-8-3-9-21-32)45(47-48-46-44)38-27-14-25-34(31-18-6-2-7-19-31)42(38)37-26-15-29-40-43(37)36-24-12-13-28-39(36)49-40/h1-29H. The van der Waals surface area contributed by atoms with Gasteiger partial charge in [0.1, 0.15) is 11.4 Å². The van der Waals surface area contributed by atoms with E-state index in [0.717, 1.165) is 61.5 Å². The van der Waals surface area contributed by atoms with Crippen LogP contribution in [-0.2, 0) is 0 Å². The molecule has 0 saturated carbocycles. The van der Waals surface area contributed by atoms with E-state index in [0.29, 0.717) is 0 Å². The SMILES string of the molecule is c1ccc(-c2ccccc2-c2nnnc(-c3cccc(-c4ccccc4)c3-c3cccc4sc5ccccc5c34)c2-c2ccccc2)cc1. The molecule has 9 aromatic rings. The van der Waals surface area contributed by atoms with E-state index in [4.69, 9.17) is 10.2 Å². The van der Waals surface area contributed by atoms with Crippen LogP contribution in [-0.4, -0.2) is 15.4 Å². The number of aromatic nitrogens is 3. The molecule has 0 N–H and O–H groups in total. The fraction of sp³-hybridized carbons (Fsp3) is 0. The van der Waals surface area contributed by atoms with Crippen molar-refractivity contribution in [1.29, 1.82) is 0 Å². The number of hydrogen-bond acceptors (Lipinski definition) is 4. The Kier molecular flexibility index (Phi) is 7.34. The van der Waals surface area contributed by atoms with Crippen LogP contribution in [0.15, 0.2) is 176 Å². The van der Waals surface area contributed by atoms with Crippen molar-refractivity contribution in [3.8, 4) is 67.0 Å². The zero-order chi connectivity index (χ0) is 32.6. The molecule has 0 bridgehead atoms. The summed E-state index contributed by atoms with van der Waals surface area (Å²) in [5.74, 6) is 0. The monoisotopic (exact) mass is 643 g/mol. The summed E-state index contributed by atoms with van der Waals surface area (Å²) in [4.78, 5) is 0. The maximum Gasteiger partial charge on any atom is 0.105 e. The molecule has 0 aliphatic carbocycles. The first-order chi connectivity index (χ1) is 24.3. The Labute approximate surface area is 288 Å². The van der Waals surface area contributed by atoms with Crippen LogP contribution < -0.4 is 0 Å². The van der Waals surface area contributed by atoms with Crippen molar-refractivity contribution < 1.29 is 0 Å². The van der Waals surface area contributed by atoms with Crippen LogP contribution in [0.3, 0.4) is 0 Å². The number of benzene rings is 7. The minimum absolute atomic E-state index is 0.795. The molecule has 9 rings (SSSR count). The second-order valence-electron chi connectivity index (χ2n) is 12.0. The van der Waals surface area contributed by atoms with Crippen molar-refractivity contribution in [1.82, 2.24) is 15.4 Å². The zero-order valence-electron chi connectivity index (χ0n) is 26.5. The van der Waals surface area contributed by atoms with Gasteiger partial charge >= 0.3 is 0 Å². The van der Waals surface area contributed by atoms with E-state index in [9.17, 15) is 0 Å². The highest BCUT2D eigenvalue weighted by Crippen LogP contribution is 2.49. The van der Waals surface area contributed by atoms with Crippen LogP contribution in [0.25, 0.3) is 87.2 Å². The molecule has 0 amide bonds. The normalized spacial score (nSPS) is 11.3. The van der Waals surface area contributed by atoms with E-state index < -0.39 is 0 Å². The Morgan fingerprint density at radius 2 is 0.816 bits per heavy atom. The third-order valence-electron chi connectivity index (χ3n) is 9.17. The molecule has 2 aromatic heterocycles. The van der Waals surface area contributed by atoms with Gasteiger partial charge in [-0.05, 0) is 56.3 Å². The highest BCUT2D eigenvalue weighted by atomic mass is 32.1. The predicted molar refractivity (Wildman–Crippen MR) is 205 cm³/mol. The smallest absolute Gasteiger partial charge is 0.105 e. The Hall–Kier alpha value is -6.23. The number of thiophene rings is 1. The summed E-state index contributed by atoms with van der Waals surface area (Å²) in [6.45, 7) is 0. The van der Waals surface area contributed by atoms with Crippen LogP contribution in [0.1, 0.15) is 0 Å². The summed E-state index contributed by atoms with van der Waals surface area (Å²) in [5.41, 5.74) is 12.4. The van der Waals surface area contributed by atoms with E-state index in [1.54, 1.807) is 0 Å². The summed E-state index contributed by atoms with van der Waals surface area (Å²) < 4.78 is 2.53. The maximum atomic E-state index is 4.91. The first-order valence-corrected chi connectivity index (χ1v) is 17.2. The van der Waals surface area contributed by atoms with Crippen molar-refractivity contribution in [2.75, 3.05) is 0 Å². The summed E-state index contributed by atoms with van der Waals surface area (Å²) >= 11 is 1.84. The molecule has 7 aromatic carbocycles. The van der Waals surface area contributed by atoms with Gasteiger partial charge in [-0.1, -0.05) is 164 Å². The Morgan fingerprint density at radius 1 is 0.327 bits per heavy atom. The molecule has 0 unspecified atom stereocenters. The van der Waals surface area contributed by atoms with E-state index >= 15 is 0 Å². The molecule has 230 valence electrons. The van der Waals surface area contributed by atoms with Crippen LogP contribution >= 0.6 is 11.3 Å². The highest BCUT2D eigenvalue weighted by molar-refractivity contribution is 7.25. The van der Waals surface area contributed by atoms with Gasteiger partial charge in [-0.15, -0.1) is 21.5 Å². The van der Waals surface area contributed by atoms with Crippen molar-refractivity contribution in [2.45, 2.75) is 0 Å². The summed E-state index contributed by atoms with van der Waals surface area (Å²) in [5, 5.41) is 16.7. The lowest BCUT2D eigenvalue weighted by Gasteiger charge is -2.20. The number of rotatable bonds is 6. The second kappa shape index (κ2) is 12.4. The average Bonchev–Trinajstić information content (AvgIpc) is 3.57. The van der Waals surface area contributed by atoms with Gasteiger partial charge in [0.2, 0.25) is 0 Å². The van der Waals surface area contributed by atoms with Gasteiger partial charge in [-0.3, -0.25) is 0 Å². The first kappa shape index (κ1) is 29.0. The van der Waals surface area contributed by atoms with Crippen LogP contribution in [0.2, 0.25) is 0 Å². The molecule has 0 spiro atoms. The highest BCUT2D eigenvalue weighted by Gasteiger charge is 2.25. The van der Waals surface area contributed by atoms with Gasteiger partial charge in [0.25, 0.3) is 0 Å². The minimum atomic E-state index is 0.795. The Bertz CT molecular complexity index is 2590. The Balaban J connectivity index is 1.40. The van der Waals surface area contributed by atoms with E-state index in [2.05, 4.69) is 169 Å².